The summed E-state index contributed by atoms with van der Waals surface area (Å²) in [6, 6.07) is 8.05. The summed E-state index contributed by atoms with van der Waals surface area (Å²) in [6.07, 6.45) is 0. The van der Waals surface area contributed by atoms with Crippen LogP contribution in [0.5, 0.6) is 0 Å². The lowest BCUT2D eigenvalue weighted by Crippen LogP contribution is -2.10. The fourth-order valence-electron chi connectivity index (χ4n) is 1.59. The van der Waals surface area contributed by atoms with Crippen LogP contribution in [0.15, 0.2) is 24.3 Å². The van der Waals surface area contributed by atoms with Crippen LogP contribution in [0.3, 0.4) is 0 Å². The minimum atomic E-state index is 0.125. The molecule has 1 aromatic carbocycles. The molecule has 2 aromatic rings. The molecule has 0 aliphatic rings. The van der Waals surface area contributed by atoms with Gasteiger partial charge in [0.15, 0.2) is 0 Å². The van der Waals surface area contributed by atoms with Gasteiger partial charge in [-0.25, -0.2) is 4.98 Å². The Labute approximate surface area is 105 Å². The number of fused-ring (bicyclic) bond motifs is 1. The first-order valence-corrected chi connectivity index (χ1v) is 5.90. The lowest BCUT2D eigenvalue weighted by Gasteiger charge is -2.19. The first-order chi connectivity index (χ1) is 7.38. The van der Waals surface area contributed by atoms with Crippen molar-refractivity contribution in [1.82, 2.24) is 4.98 Å². The zero-order chi connectivity index (χ0) is 11.9. The summed E-state index contributed by atoms with van der Waals surface area (Å²) >= 11 is 11.8. The Hall–Kier alpha value is -0.790. The Morgan fingerprint density at radius 3 is 2.38 bits per heavy atom. The predicted octanol–water partition coefficient (Wildman–Crippen LogP) is 4.84. The molecule has 16 heavy (non-hydrogen) atoms. The highest BCUT2D eigenvalue weighted by Gasteiger charge is 2.14. The van der Waals surface area contributed by atoms with E-state index < -0.39 is 0 Å². The molecule has 0 spiro atoms. The third-order valence-electron chi connectivity index (χ3n) is 2.59. The van der Waals surface area contributed by atoms with Crippen molar-refractivity contribution in [3.63, 3.8) is 0 Å². The van der Waals surface area contributed by atoms with Crippen molar-refractivity contribution in [1.29, 1.82) is 0 Å². The van der Waals surface area contributed by atoms with Gasteiger partial charge in [0.2, 0.25) is 0 Å². The molecule has 0 saturated carbocycles. The van der Waals surface area contributed by atoms with Crippen LogP contribution in [0.4, 0.5) is 0 Å². The van der Waals surface area contributed by atoms with Gasteiger partial charge in [-0.15, -0.1) is 0 Å². The van der Waals surface area contributed by atoms with Gasteiger partial charge >= 0.3 is 0 Å². The molecule has 0 aliphatic heterocycles. The van der Waals surface area contributed by atoms with Gasteiger partial charge in [-0.1, -0.05) is 50.0 Å². The van der Waals surface area contributed by atoms with Crippen LogP contribution in [0, 0.1) is 0 Å². The van der Waals surface area contributed by atoms with E-state index >= 15 is 0 Å². The second-order valence-electron chi connectivity index (χ2n) is 4.92. The van der Waals surface area contributed by atoms with E-state index in [9.17, 15) is 0 Å². The molecule has 0 atom stereocenters. The van der Waals surface area contributed by atoms with Gasteiger partial charge in [0.05, 0.1) is 10.5 Å². The van der Waals surface area contributed by atoms with Crippen molar-refractivity contribution in [3.05, 3.63) is 40.0 Å². The Bertz CT molecular complexity index is 541. The van der Waals surface area contributed by atoms with Crippen molar-refractivity contribution in [2.75, 3.05) is 0 Å². The minimum absolute atomic E-state index is 0.125. The van der Waals surface area contributed by atoms with Crippen molar-refractivity contribution in [3.8, 4) is 0 Å². The fourth-order valence-corrected chi connectivity index (χ4v) is 1.90. The molecule has 1 aromatic heterocycles. The fraction of sp³-hybridized carbons (Fsp3) is 0.308. The van der Waals surface area contributed by atoms with Gasteiger partial charge in [0.1, 0.15) is 5.15 Å². The van der Waals surface area contributed by atoms with Crippen LogP contribution in [0.1, 0.15) is 26.3 Å². The van der Waals surface area contributed by atoms with Crippen molar-refractivity contribution in [2.24, 2.45) is 0 Å². The van der Waals surface area contributed by atoms with Gasteiger partial charge in [-0.05, 0) is 29.2 Å². The van der Waals surface area contributed by atoms with E-state index in [1.54, 1.807) is 0 Å². The lowest BCUT2D eigenvalue weighted by atomic mass is 9.86. The number of halogens is 2. The summed E-state index contributed by atoms with van der Waals surface area (Å²) < 4.78 is 0. The van der Waals surface area contributed by atoms with Gasteiger partial charge in [0, 0.05) is 5.39 Å². The van der Waals surface area contributed by atoms with E-state index in [1.807, 2.05) is 12.1 Å². The van der Waals surface area contributed by atoms with Gasteiger partial charge in [0.25, 0.3) is 0 Å². The molecular weight excluding hydrogens is 241 g/mol. The first kappa shape index (κ1) is 11.7. The average Bonchev–Trinajstić information content (AvgIpc) is 2.17. The molecule has 0 saturated heterocycles. The molecule has 0 radical (unpaired) electrons. The summed E-state index contributed by atoms with van der Waals surface area (Å²) in [4.78, 5) is 4.23. The zero-order valence-corrected chi connectivity index (χ0v) is 11.0. The lowest BCUT2D eigenvalue weighted by molar-refractivity contribution is 0.591. The third kappa shape index (κ3) is 2.16. The standard InChI is InChI=1S/C13H13Cl2N/c1-13(2,3)9-4-5-11-8(6-9)7-10(14)12(15)16-11/h4-7H,1-3H3. The first-order valence-electron chi connectivity index (χ1n) is 5.14. The molecule has 0 fully saturated rings. The van der Waals surface area contributed by atoms with Crippen LogP contribution in [0.2, 0.25) is 10.2 Å². The van der Waals surface area contributed by atoms with E-state index in [1.165, 1.54) is 5.56 Å². The van der Waals surface area contributed by atoms with Crippen LogP contribution >= 0.6 is 23.2 Å². The monoisotopic (exact) mass is 253 g/mol. The predicted molar refractivity (Wildman–Crippen MR) is 70.5 cm³/mol. The highest BCUT2D eigenvalue weighted by molar-refractivity contribution is 6.41. The zero-order valence-electron chi connectivity index (χ0n) is 9.51. The molecule has 0 unspecified atom stereocenters. The van der Waals surface area contributed by atoms with Crippen molar-refractivity contribution >= 4 is 34.1 Å². The smallest absolute Gasteiger partial charge is 0.148 e. The van der Waals surface area contributed by atoms with Crippen LogP contribution < -0.4 is 0 Å². The van der Waals surface area contributed by atoms with E-state index in [-0.39, 0.29) is 5.41 Å². The van der Waals surface area contributed by atoms with E-state index in [4.69, 9.17) is 23.2 Å². The Morgan fingerprint density at radius 2 is 1.75 bits per heavy atom. The Morgan fingerprint density at radius 1 is 1.06 bits per heavy atom. The number of pyridine rings is 1. The molecule has 1 nitrogen and oxygen atoms in total. The average molecular weight is 254 g/mol. The number of hydrogen-bond donors (Lipinski definition) is 0. The van der Waals surface area contributed by atoms with E-state index in [2.05, 4.69) is 37.9 Å². The SMILES string of the molecule is CC(C)(C)c1ccc2nc(Cl)c(Cl)cc2c1. The number of nitrogens with zero attached hydrogens (tertiary/aromatic N) is 1. The maximum atomic E-state index is 5.96. The maximum absolute atomic E-state index is 5.96. The molecule has 3 heteroatoms. The van der Waals surface area contributed by atoms with Gasteiger partial charge in [-0.3, -0.25) is 0 Å². The highest BCUT2D eigenvalue weighted by Crippen LogP contribution is 2.29. The number of hydrogen-bond acceptors (Lipinski definition) is 1. The van der Waals surface area contributed by atoms with Gasteiger partial charge < -0.3 is 0 Å². The summed E-state index contributed by atoms with van der Waals surface area (Å²) in [6.45, 7) is 6.54. The number of benzene rings is 1. The third-order valence-corrected chi connectivity index (χ3v) is 3.26. The highest BCUT2D eigenvalue weighted by atomic mass is 35.5. The summed E-state index contributed by atoms with van der Waals surface area (Å²) in [5.74, 6) is 0. The van der Waals surface area contributed by atoms with Crippen molar-refractivity contribution < 1.29 is 0 Å². The number of rotatable bonds is 0. The summed E-state index contributed by atoms with van der Waals surface area (Å²) in [5, 5.41) is 1.89. The summed E-state index contributed by atoms with van der Waals surface area (Å²) in [7, 11) is 0. The molecule has 1 heterocycles. The van der Waals surface area contributed by atoms with E-state index in [0.717, 1.165) is 10.9 Å². The number of aromatic nitrogens is 1. The van der Waals surface area contributed by atoms with E-state index in [0.29, 0.717) is 10.2 Å². The second kappa shape index (κ2) is 3.90. The molecule has 0 N–H and O–H groups in total. The molecule has 84 valence electrons. The molecule has 0 bridgehead atoms. The normalized spacial score (nSPS) is 12.1. The molecular formula is C13H13Cl2N. The van der Waals surface area contributed by atoms with Crippen LogP contribution in [-0.2, 0) is 5.41 Å². The topological polar surface area (TPSA) is 12.9 Å². The quantitative estimate of drug-likeness (QED) is 0.613. The van der Waals surface area contributed by atoms with Crippen LogP contribution in [0.25, 0.3) is 10.9 Å². The maximum Gasteiger partial charge on any atom is 0.148 e. The summed E-state index contributed by atoms with van der Waals surface area (Å²) in [5.41, 5.74) is 2.27. The Kier molecular flexibility index (Phi) is 2.85. The van der Waals surface area contributed by atoms with Gasteiger partial charge in [-0.2, -0.15) is 0 Å². The Balaban J connectivity index is 2.67. The second-order valence-corrected chi connectivity index (χ2v) is 5.68. The van der Waals surface area contributed by atoms with Crippen molar-refractivity contribution in [2.45, 2.75) is 26.2 Å². The largest absolute Gasteiger partial charge is 0.235 e. The molecule has 0 aliphatic carbocycles. The minimum Gasteiger partial charge on any atom is -0.235 e. The van der Waals surface area contributed by atoms with Crippen LogP contribution in [-0.4, -0.2) is 4.98 Å². The molecule has 0 amide bonds. The molecule has 2 rings (SSSR count).